The Labute approximate surface area is 72.8 Å². The van der Waals surface area contributed by atoms with E-state index in [1.54, 1.807) is 20.0 Å². The zero-order chi connectivity index (χ0) is 9.78. The van der Waals surface area contributed by atoms with Gasteiger partial charge in [-0.25, -0.2) is 0 Å². The van der Waals surface area contributed by atoms with Crippen LogP contribution in [0.15, 0.2) is 11.6 Å². The first-order chi connectivity index (χ1) is 5.35. The average molecular weight is 193 g/mol. The van der Waals surface area contributed by atoms with Gasteiger partial charge in [0, 0.05) is 6.04 Å². The van der Waals surface area contributed by atoms with Crippen LogP contribution in [0, 0.1) is 0 Å². The van der Waals surface area contributed by atoms with Gasteiger partial charge in [0.2, 0.25) is 0 Å². The molecule has 0 amide bonds. The summed E-state index contributed by atoms with van der Waals surface area (Å²) in [6, 6.07) is 0.150. The van der Waals surface area contributed by atoms with Crippen molar-refractivity contribution >= 4 is 7.60 Å². The van der Waals surface area contributed by atoms with Crippen molar-refractivity contribution < 1.29 is 14.4 Å². The first-order valence-corrected chi connectivity index (χ1v) is 5.54. The highest BCUT2D eigenvalue weighted by atomic mass is 31.2. The maximum Gasteiger partial charge on any atom is 0.329 e. The summed E-state index contributed by atoms with van der Waals surface area (Å²) in [4.78, 5) is 17.2. The van der Waals surface area contributed by atoms with Gasteiger partial charge in [-0.3, -0.25) is 4.57 Å². The standard InChI is InChI=1S/C7H16NO3P/c1-6(4-7(2)8-3)5-12(9,10)11/h4,7-8H,5H2,1-3H3,(H2,9,10,11). The van der Waals surface area contributed by atoms with E-state index in [2.05, 4.69) is 5.32 Å². The Hall–Kier alpha value is -0.150. The fraction of sp³-hybridized carbons (Fsp3) is 0.714. The first-order valence-electron chi connectivity index (χ1n) is 3.74. The van der Waals surface area contributed by atoms with E-state index in [4.69, 9.17) is 9.79 Å². The Morgan fingerprint density at radius 2 is 2.17 bits per heavy atom. The second-order valence-electron chi connectivity index (χ2n) is 2.91. The lowest BCUT2D eigenvalue weighted by atomic mass is 10.2. The molecule has 5 heteroatoms. The third-order valence-corrected chi connectivity index (χ3v) is 2.36. The van der Waals surface area contributed by atoms with Gasteiger partial charge in [0.25, 0.3) is 0 Å². The van der Waals surface area contributed by atoms with Gasteiger partial charge in [-0.15, -0.1) is 0 Å². The van der Waals surface area contributed by atoms with Crippen LogP contribution < -0.4 is 5.32 Å². The highest BCUT2D eigenvalue weighted by Crippen LogP contribution is 2.36. The van der Waals surface area contributed by atoms with E-state index in [9.17, 15) is 4.57 Å². The average Bonchev–Trinajstić information content (AvgIpc) is 1.82. The summed E-state index contributed by atoms with van der Waals surface area (Å²) in [5.74, 6) is 0. The molecule has 0 bridgehead atoms. The predicted molar refractivity (Wildman–Crippen MR) is 49.2 cm³/mol. The number of likely N-dealkylation sites (N-methyl/N-ethyl adjacent to an activating group) is 1. The van der Waals surface area contributed by atoms with E-state index in [0.717, 1.165) is 0 Å². The van der Waals surface area contributed by atoms with Gasteiger partial charge in [-0.05, 0) is 20.9 Å². The summed E-state index contributed by atoms with van der Waals surface area (Å²) in [7, 11) is -2.09. The second kappa shape index (κ2) is 4.77. The van der Waals surface area contributed by atoms with Crippen molar-refractivity contribution in [1.29, 1.82) is 0 Å². The number of nitrogens with one attached hydrogen (secondary N) is 1. The van der Waals surface area contributed by atoms with Crippen LogP contribution in [0.2, 0.25) is 0 Å². The fourth-order valence-electron chi connectivity index (χ4n) is 0.888. The highest BCUT2D eigenvalue weighted by Gasteiger charge is 2.13. The number of allylic oxidation sites excluding steroid dienone is 1. The molecule has 0 aromatic heterocycles. The lowest BCUT2D eigenvalue weighted by Gasteiger charge is -2.07. The van der Waals surface area contributed by atoms with E-state index in [-0.39, 0.29) is 12.2 Å². The van der Waals surface area contributed by atoms with Crippen molar-refractivity contribution in [2.45, 2.75) is 19.9 Å². The van der Waals surface area contributed by atoms with E-state index in [0.29, 0.717) is 5.57 Å². The van der Waals surface area contributed by atoms with Crippen molar-refractivity contribution in [2.75, 3.05) is 13.2 Å². The Bertz CT molecular complexity index is 209. The number of hydrogen-bond donors (Lipinski definition) is 3. The summed E-state index contributed by atoms with van der Waals surface area (Å²) < 4.78 is 10.5. The lowest BCUT2D eigenvalue weighted by Crippen LogP contribution is -2.18. The molecule has 1 unspecified atom stereocenters. The molecule has 0 saturated carbocycles. The maximum atomic E-state index is 10.5. The van der Waals surface area contributed by atoms with Crippen molar-refractivity contribution in [2.24, 2.45) is 0 Å². The van der Waals surface area contributed by atoms with E-state index >= 15 is 0 Å². The molecule has 0 heterocycles. The summed E-state index contributed by atoms with van der Waals surface area (Å²) in [6.07, 6.45) is 1.65. The molecule has 0 aliphatic heterocycles. The van der Waals surface area contributed by atoms with Gasteiger partial charge in [-0.1, -0.05) is 11.6 Å². The van der Waals surface area contributed by atoms with Gasteiger partial charge in [0.05, 0.1) is 6.16 Å². The largest absolute Gasteiger partial charge is 0.329 e. The molecule has 0 aromatic carbocycles. The van der Waals surface area contributed by atoms with Gasteiger partial charge < -0.3 is 15.1 Å². The Kier molecular flexibility index (Phi) is 4.71. The van der Waals surface area contributed by atoms with Crippen LogP contribution in [-0.2, 0) is 4.57 Å². The second-order valence-corrected chi connectivity index (χ2v) is 4.56. The highest BCUT2D eigenvalue weighted by molar-refractivity contribution is 7.52. The van der Waals surface area contributed by atoms with E-state index in [1.807, 2.05) is 6.92 Å². The van der Waals surface area contributed by atoms with Crippen LogP contribution in [0.25, 0.3) is 0 Å². The summed E-state index contributed by atoms with van der Waals surface area (Å²) in [6.45, 7) is 3.64. The molecular formula is C7H16NO3P. The van der Waals surface area contributed by atoms with Gasteiger partial charge in [-0.2, -0.15) is 0 Å². The molecular weight excluding hydrogens is 177 g/mol. The molecule has 12 heavy (non-hydrogen) atoms. The molecule has 1 atom stereocenters. The van der Waals surface area contributed by atoms with Crippen LogP contribution >= 0.6 is 7.60 Å². The SMILES string of the molecule is CNC(C)C=C(C)CP(=O)(O)O. The minimum atomic E-state index is -3.88. The molecule has 0 fully saturated rings. The molecule has 0 aliphatic carbocycles. The Morgan fingerprint density at radius 3 is 2.50 bits per heavy atom. The molecule has 0 rings (SSSR count). The summed E-state index contributed by atoms with van der Waals surface area (Å²) >= 11 is 0. The van der Waals surface area contributed by atoms with Crippen LogP contribution in [0.4, 0.5) is 0 Å². The van der Waals surface area contributed by atoms with E-state index in [1.165, 1.54) is 0 Å². The Morgan fingerprint density at radius 1 is 1.67 bits per heavy atom. The van der Waals surface area contributed by atoms with Crippen LogP contribution in [0.1, 0.15) is 13.8 Å². The molecule has 0 spiro atoms. The van der Waals surface area contributed by atoms with Crippen molar-refractivity contribution in [1.82, 2.24) is 5.32 Å². The molecule has 0 aliphatic rings. The minimum Gasteiger partial charge on any atom is -0.324 e. The maximum absolute atomic E-state index is 10.5. The van der Waals surface area contributed by atoms with Crippen molar-refractivity contribution in [3.8, 4) is 0 Å². The van der Waals surface area contributed by atoms with Crippen molar-refractivity contribution in [3.63, 3.8) is 0 Å². The predicted octanol–water partition coefficient (Wildman–Crippen LogP) is 0.718. The number of rotatable bonds is 4. The van der Waals surface area contributed by atoms with Gasteiger partial charge in [0.15, 0.2) is 0 Å². The van der Waals surface area contributed by atoms with Crippen LogP contribution in [0.3, 0.4) is 0 Å². The molecule has 72 valence electrons. The minimum absolute atomic E-state index is 0.150. The van der Waals surface area contributed by atoms with E-state index < -0.39 is 7.60 Å². The normalized spacial score (nSPS) is 16.2. The Balaban J connectivity index is 4.12. The smallest absolute Gasteiger partial charge is 0.324 e. The summed E-state index contributed by atoms with van der Waals surface area (Å²) in [5.41, 5.74) is 0.713. The quantitative estimate of drug-likeness (QED) is 0.454. The first kappa shape index (κ1) is 11.8. The topological polar surface area (TPSA) is 69.6 Å². The van der Waals surface area contributed by atoms with Gasteiger partial charge >= 0.3 is 7.60 Å². The van der Waals surface area contributed by atoms with Gasteiger partial charge in [0.1, 0.15) is 0 Å². The monoisotopic (exact) mass is 193 g/mol. The fourth-order valence-corrected chi connectivity index (χ4v) is 1.64. The zero-order valence-corrected chi connectivity index (χ0v) is 8.51. The lowest BCUT2D eigenvalue weighted by molar-refractivity contribution is 0.376. The summed E-state index contributed by atoms with van der Waals surface area (Å²) in [5, 5.41) is 2.95. The molecule has 0 saturated heterocycles. The van der Waals surface area contributed by atoms with Crippen LogP contribution in [0.5, 0.6) is 0 Å². The zero-order valence-electron chi connectivity index (χ0n) is 7.61. The van der Waals surface area contributed by atoms with Crippen LogP contribution in [-0.4, -0.2) is 29.0 Å². The molecule has 3 N–H and O–H groups in total. The molecule has 4 nitrogen and oxygen atoms in total. The number of hydrogen-bond acceptors (Lipinski definition) is 2. The molecule has 0 radical (unpaired) electrons. The molecule has 0 aromatic rings. The third-order valence-electron chi connectivity index (χ3n) is 1.45. The third kappa shape index (κ3) is 6.55. The van der Waals surface area contributed by atoms with Crippen molar-refractivity contribution in [3.05, 3.63) is 11.6 Å².